The normalized spacial score (nSPS) is 17.0. The molecule has 0 radical (unpaired) electrons. The third-order valence-corrected chi connectivity index (χ3v) is 5.47. The van der Waals surface area contributed by atoms with E-state index in [9.17, 15) is 4.79 Å². The number of carbonyl (C=O) groups excluding carboxylic acids is 1. The second-order valence-corrected chi connectivity index (χ2v) is 8.27. The Morgan fingerprint density at radius 3 is 2.47 bits per heavy atom. The number of aromatic nitrogens is 3. The van der Waals surface area contributed by atoms with E-state index in [-0.39, 0.29) is 5.91 Å². The van der Waals surface area contributed by atoms with Crippen LogP contribution in [0.3, 0.4) is 0 Å². The van der Waals surface area contributed by atoms with Gasteiger partial charge >= 0.3 is 0 Å². The molecule has 0 bridgehead atoms. The molecular formula is C22H30N6O2. The fourth-order valence-corrected chi connectivity index (χ4v) is 3.80. The second kappa shape index (κ2) is 9.28. The van der Waals surface area contributed by atoms with Crippen molar-refractivity contribution in [3.8, 4) is 5.88 Å². The minimum Gasteiger partial charge on any atom is -0.477 e. The van der Waals surface area contributed by atoms with E-state index in [0.29, 0.717) is 37.2 Å². The Hall–Kier alpha value is -2.90. The monoisotopic (exact) mass is 410 g/mol. The highest BCUT2D eigenvalue weighted by atomic mass is 16.5. The van der Waals surface area contributed by atoms with E-state index in [4.69, 9.17) is 4.74 Å². The summed E-state index contributed by atoms with van der Waals surface area (Å²) in [6, 6.07) is 7.62. The first kappa shape index (κ1) is 20.4. The lowest BCUT2D eigenvalue weighted by atomic mass is 10.2. The number of anilines is 2. The minimum absolute atomic E-state index is 0.000611. The summed E-state index contributed by atoms with van der Waals surface area (Å²) in [5, 5.41) is 0. The molecule has 0 unspecified atom stereocenters. The Labute approximate surface area is 177 Å². The van der Waals surface area contributed by atoms with Gasteiger partial charge in [-0.2, -0.15) is 0 Å². The Morgan fingerprint density at radius 2 is 1.73 bits per heavy atom. The molecule has 2 aromatic heterocycles. The topological polar surface area (TPSA) is 74.7 Å². The van der Waals surface area contributed by atoms with Crippen LogP contribution in [-0.4, -0.2) is 71.6 Å². The van der Waals surface area contributed by atoms with E-state index < -0.39 is 0 Å². The number of carbonyl (C=O) groups is 1. The van der Waals surface area contributed by atoms with Crippen molar-refractivity contribution in [1.29, 1.82) is 0 Å². The van der Waals surface area contributed by atoms with Crippen molar-refractivity contribution in [2.45, 2.75) is 26.7 Å². The van der Waals surface area contributed by atoms with Gasteiger partial charge < -0.3 is 19.4 Å². The van der Waals surface area contributed by atoms with Gasteiger partial charge in [0, 0.05) is 45.3 Å². The zero-order valence-electron chi connectivity index (χ0n) is 17.8. The maximum atomic E-state index is 13.0. The van der Waals surface area contributed by atoms with Crippen LogP contribution in [0.5, 0.6) is 5.88 Å². The van der Waals surface area contributed by atoms with E-state index in [1.807, 2.05) is 29.2 Å². The maximum absolute atomic E-state index is 13.0. The molecule has 0 atom stereocenters. The molecule has 160 valence electrons. The molecule has 0 aromatic carbocycles. The number of piperazine rings is 1. The van der Waals surface area contributed by atoms with E-state index >= 15 is 0 Å². The SMILES string of the molecule is CC(C)COc1cc(N2CCN(C(=O)c3cccc(N4CCCC4)n3)CC2)ncn1. The third-order valence-electron chi connectivity index (χ3n) is 5.47. The van der Waals surface area contributed by atoms with Crippen LogP contribution in [0.2, 0.25) is 0 Å². The molecule has 4 rings (SSSR count). The molecule has 8 heteroatoms. The van der Waals surface area contributed by atoms with Crippen LogP contribution < -0.4 is 14.5 Å². The molecule has 30 heavy (non-hydrogen) atoms. The predicted molar refractivity (Wildman–Crippen MR) is 116 cm³/mol. The smallest absolute Gasteiger partial charge is 0.272 e. The van der Waals surface area contributed by atoms with Gasteiger partial charge in [-0.3, -0.25) is 4.79 Å². The summed E-state index contributed by atoms with van der Waals surface area (Å²) < 4.78 is 5.71. The van der Waals surface area contributed by atoms with E-state index in [2.05, 4.69) is 38.6 Å². The Balaban J connectivity index is 1.36. The molecule has 2 saturated heterocycles. The van der Waals surface area contributed by atoms with Crippen molar-refractivity contribution in [2.75, 3.05) is 55.7 Å². The van der Waals surface area contributed by atoms with Crippen LogP contribution in [0.4, 0.5) is 11.6 Å². The predicted octanol–water partition coefficient (Wildman–Crippen LogP) is 2.47. The highest BCUT2D eigenvalue weighted by Gasteiger charge is 2.25. The average molecular weight is 411 g/mol. The van der Waals surface area contributed by atoms with Crippen LogP contribution in [0.25, 0.3) is 0 Å². The molecular weight excluding hydrogens is 380 g/mol. The summed E-state index contributed by atoms with van der Waals surface area (Å²) in [7, 11) is 0. The molecule has 2 aliphatic rings. The van der Waals surface area contributed by atoms with Gasteiger partial charge in [0.05, 0.1) is 6.61 Å². The van der Waals surface area contributed by atoms with E-state index in [0.717, 1.165) is 37.8 Å². The molecule has 0 N–H and O–H groups in total. The molecule has 0 saturated carbocycles. The van der Waals surface area contributed by atoms with Crippen LogP contribution in [0.15, 0.2) is 30.6 Å². The van der Waals surface area contributed by atoms with Crippen molar-refractivity contribution in [2.24, 2.45) is 5.92 Å². The number of nitrogens with zero attached hydrogens (tertiary/aromatic N) is 6. The first-order chi connectivity index (χ1) is 14.6. The van der Waals surface area contributed by atoms with Gasteiger partial charge in [0.2, 0.25) is 5.88 Å². The minimum atomic E-state index is -0.000611. The van der Waals surface area contributed by atoms with Crippen molar-refractivity contribution < 1.29 is 9.53 Å². The lowest BCUT2D eigenvalue weighted by Gasteiger charge is -2.35. The number of hydrogen-bond acceptors (Lipinski definition) is 7. The summed E-state index contributed by atoms with van der Waals surface area (Å²) in [5.41, 5.74) is 0.527. The largest absolute Gasteiger partial charge is 0.477 e. The van der Waals surface area contributed by atoms with Crippen LogP contribution >= 0.6 is 0 Å². The van der Waals surface area contributed by atoms with Crippen molar-refractivity contribution in [1.82, 2.24) is 19.9 Å². The molecule has 2 aromatic rings. The first-order valence-electron chi connectivity index (χ1n) is 10.8. The Morgan fingerprint density at radius 1 is 1.00 bits per heavy atom. The average Bonchev–Trinajstić information content (AvgIpc) is 3.33. The number of hydrogen-bond donors (Lipinski definition) is 0. The van der Waals surface area contributed by atoms with Gasteiger partial charge in [0.15, 0.2) is 0 Å². The molecule has 2 aliphatic heterocycles. The fourth-order valence-electron chi connectivity index (χ4n) is 3.80. The summed E-state index contributed by atoms with van der Waals surface area (Å²) in [4.78, 5) is 32.5. The van der Waals surface area contributed by atoms with Gasteiger partial charge in [-0.1, -0.05) is 19.9 Å². The number of ether oxygens (including phenoxy) is 1. The lowest BCUT2D eigenvalue weighted by molar-refractivity contribution is 0.0740. The molecule has 1 amide bonds. The quantitative estimate of drug-likeness (QED) is 0.724. The van der Waals surface area contributed by atoms with E-state index in [1.54, 1.807) is 0 Å². The summed E-state index contributed by atoms with van der Waals surface area (Å²) >= 11 is 0. The number of amides is 1. The van der Waals surface area contributed by atoms with E-state index in [1.165, 1.54) is 19.2 Å². The lowest BCUT2D eigenvalue weighted by Crippen LogP contribution is -2.49. The van der Waals surface area contributed by atoms with Gasteiger partial charge in [-0.15, -0.1) is 0 Å². The first-order valence-corrected chi connectivity index (χ1v) is 10.8. The molecule has 0 aliphatic carbocycles. The fraction of sp³-hybridized carbons (Fsp3) is 0.545. The Kier molecular flexibility index (Phi) is 6.30. The summed E-state index contributed by atoms with van der Waals surface area (Å²) in [5.74, 6) is 2.78. The van der Waals surface area contributed by atoms with Crippen LogP contribution in [0, 0.1) is 5.92 Å². The Bertz CT molecular complexity index is 860. The maximum Gasteiger partial charge on any atom is 0.272 e. The molecule has 8 nitrogen and oxygen atoms in total. The molecule has 4 heterocycles. The van der Waals surface area contributed by atoms with Crippen LogP contribution in [-0.2, 0) is 0 Å². The van der Waals surface area contributed by atoms with Gasteiger partial charge in [-0.05, 0) is 30.9 Å². The third kappa shape index (κ3) is 4.80. The van der Waals surface area contributed by atoms with Crippen LogP contribution in [0.1, 0.15) is 37.2 Å². The standard InChI is InChI=1S/C22H30N6O2/c1-17(2)15-30-21-14-20(23-16-24-21)27-10-12-28(13-11-27)22(29)18-6-5-7-19(25-18)26-8-3-4-9-26/h5-7,14,16-17H,3-4,8-13,15H2,1-2H3. The molecule has 0 spiro atoms. The van der Waals surface area contributed by atoms with Gasteiger partial charge in [0.1, 0.15) is 23.7 Å². The second-order valence-electron chi connectivity index (χ2n) is 8.27. The zero-order chi connectivity index (χ0) is 20.9. The van der Waals surface area contributed by atoms with Crippen molar-refractivity contribution in [3.63, 3.8) is 0 Å². The summed E-state index contributed by atoms with van der Waals surface area (Å²) in [6.45, 7) is 9.60. The molecule has 2 fully saturated rings. The number of rotatable bonds is 6. The van der Waals surface area contributed by atoms with Gasteiger partial charge in [0.25, 0.3) is 5.91 Å². The van der Waals surface area contributed by atoms with Gasteiger partial charge in [-0.25, -0.2) is 15.0 Å². The van der Waals surface area contributed by atoms with Crippen molar-refractivity contribution in [3.05, 3.63) is 36.3 Å². The highest BCUT2D eigenvalue weighted by molar-refractivity contribution is 5.92. The zero-order valence-corrected chi connectivity index (χ0v) is 17.8. The highest BCUT2D eigenvalue weighted by Crippen LogP contribution is 2.21. The summed E-state index contributed by atoms with van der Waals surface area (Å²) in [6.07, 6.45) is 3.92. The van der Waals surface area contributed by atoms with Crippen molar-refractivity contribution >= 4 is 17.5 Å². The number of pyridine rings is 1.